The van der Waals surface area contributed by atoms with Gasteiger partial charge in [0.05, 0.1) is 6.04 Å². The lowest BCUT2D eigenvalue weighted by Crippen LogP contribution is -2.46. The van der Waals surface area contributed by atoms with E-state index in [0.29, 0.717) is 13.2 Å². The Morgan fingerprint density at radius 2 is 1.84 bits per heavy atom. The third-order valence-electron chi connectivity index (χ3n) is 4.29. The van der Waals surface area contributed by atoms with Gasteiger partial charge in [-0.2, -0.15) is 0 Å². The Kier molecular flexibility index (Phi) is 7.76. The Morgan fingerprint density at radius 3 is 2.60 bits per heavy atom. The van der Waals surface area contributed by atoms with Gasteiger partial charge in [-0.1, -0.05) is 55.0 Å². The van der Waals surface area contributed by atoms with E-state index in [1.54, 1.807) is 0 Å². The highest BCUT2D eigenvalue weighted by atomic mass is 35.5. The van der Waals surface area contributed by atoms with Gasteiger partial charge in [0.1, 0.15) is 12.4 Å². The van der Waals surface area contributed by atoms with Crippen molar-refractivity contribution in [2.75, 3.05) is 6.54 Å². The molecule has 2 aromatic rings. The molecule has 1 fully saturated rings. The molecule has 0 aromatic heterocycles. The third kappa shape index (κ3) is 5.76. The number of hydrogen-bond donors (Lipinski definition) is 2. The molecule has 1 aliphatic rings. The average Bonchev–Trinajstić information content (AvgIpc) is 2.66. The van der Waals surface area contributed by atoms with Crippen molar-refractivity contribution in [1.82, 2.24) is 10.6 Å². The normalized spacial score (nSPS) is 16.6. The molecule has 134 valence electrons. The number of carbonyl (C=O) groups excluding carboxylic acids is 1. The molecule has 2 aromatic carbocycles. The largest absolute Gasteiger partial charge is 0.489 e. The van der Waals surface area contributed by atoms with Gasteiger partial charge in [0.25, 0.3) is 0 Å². The van der Waals surface area contributed by atoms with Crippen LogP contribution in [0.2, 0.25) is 0 Å². The van der Waals surface area contributed by atoms with E-state index < -0.39 is 0 Å². The van der Waals surface area contributed by atoms with Crippen LogP contribution in [0.1, 0.15) is 30.4 Å². The van der Waals surface area contributed by atoms with Crippen LogP contribution in [0.25, 0.3) is 0 Å². The first-order chi connectivity index (χ1) is 11.8. The van der Waals surface area contributed by atoms with Gasteiger partial charge in [0.15, 0.2) is 0 Å². The molecule has 1 atom stereocenters. The zero-order valence-corrected chi connectivity index (χ0v) is 15.1. The molecule has 0 radical (unpaired) electrons. The van der Waals surface area contributed by atoms with Crippen molar-refractivity contribution in [2.45, 2.75) is 38.5 Å². The molecule has 1 amide bonds. The van der Waals surface area contributed by atoms with Gasteiger partial charge >= 0.3 is 0 Å². The third-order valence-corrected chi connectivity index (χ3v) is 4.29. The summed E-state index contributed by atoms with van der Waals surface area (Å²) in [7, 11) is 0. The zero-order valence-electron chi connectivity index (χ0n) is 14.2. The molecule has 0 saturated carbocycles. The second kappa shape index (κ2) is 10.1. The van der Waals surface area contributed by atoms with E-state index in [1.165, 1.54) is 0 Å². The Hall–Kier alpha value is -2.04. The molecular formula is C20H25ClN2O2. The molecule has 0 aliphatic carbocycles. The van der Waals surface area contributed by atoms with Crippen LogP contribution in [-0.2, 0) is 17.9 Å². The molecule has 0 bridgehead atoms. The predicted molar refractivity (Wildman–Crippen MR) is 102 cm³/mol. The van der Waals surface area contributed by atoms with Crippen molar-refractivity contribution in [3.05, 3.63) is 65.7 Å². The monoisotopic (exact) mass is 360 g/mol. The summed E-state index contributed by atoms with van der Waals surface area (Å²) in [5.74, 6) is 0.894. The summed E-state index contributed by atoms with van der Waals surface area (Å²) in [6, 6.07) is 17.9. The van der Waals surface area contributed by atoms with Crippen LogP contribution < -0.4 is 15.4 Å². The molecule has 4 nitrogen and oxygen atoms in total. The minimum atomic E-state index is -0.0591. The van der Waals surface area contributed by atoms with Gasteiger partial charge in [-0.25, -0.2) is 0 Å². The summed E-state index contributed by atoms with van der Waals surface area (Å²) in [6.45, 7) is 1.94. The van der Waals surface area contributed by atoms with E-state index in [1.807, 2.05) is 54.6 Å². The molecule has 2 N–H and O–H groups in total. The number of carbonyl (C=O) groups is 1. The molecule has 5 heteroatoms. The first kappa shape index (κ1) is 19.3. The lowest BCUT2D eigenvalue weighted by Gasteiger charge is -2.22. The fraction of sp³-hybridized carbons (Fsp3) is 0.350. The summed E-state index contributed by atoms with van der Waals surface area (Å²) >= 11 is 0. The first-order valence-electron chi connectivity index (χ1n) is 8.58. The number of benzene rings is 2. The summed E-state index contributed by atoms with van der Waals surface area (Å²) in [5.41, 5.74) is 2.13. The maximum absolute atomic E-state index is 12.2. The molecular weight excluding hydrogens is 336 g/mol. The summed E-state index contributed by atoms with van der Waals surface area (Å²) in [6.07, 6.45) is 3.18. The number of rotatable bonds is 6. The van der Waals surface area contributed by atoms with Gasteiger partial charge < -0.3 is 15.4 Å². The minimum absolute atomic E-state index is 0. The van der Waals surface area contributed by atoms with Crippen molar-refractivity contribution in [2.24, 2.45) is 0 Å². The molecule has 1 aliphatic heterocycles. The van der Waals surface area contributed by atoms with Crippen molar-refractivity contribution < 1.29 is 9.53 Å². The van der Waals surface area contributed by atoms with E-state index in [-0.39, 0.29) is 24.4 Å². The van der Waals surface area contributed by atoms with Crippen LogP contribution in [0, 0.1) is 0 Å². The van der Waals surface area contributed by atoms with Crippen molar-refractivity contribution >= 4 is 18.3 Å². The Labute approximate surface area is 155 Å². The maximum Gasteiger partial charge on any atom is 0.237 e. The quantitative estimate of drug-likeness (QED) is 0.829. The lowest BCUT2D eigenvalue weighted by molar-refractivity contribution is -0.123. The van der Waals surface area contributed by atoms with E-state index in [4.69, 9.17) is 4.74 Å². The average molecular weight is 361 g/mol. The van der Waals surface area contributed by atoms with Crippen LogP contribution in [0.5, 0.6) is 5.75 Å². The second-order valence-corrected chi connectivity index (χ2v) is 6.10. The number of piperidine rings is 1. The smallest absolute Gasteiger partial charge is 0.237 e. The molecule has 1 heterocycles. The van der Waals surface area contributed by atoms with Crippen molar-refractivity contribution in [3.63, 3.8) is 0 Å². The number of nitrogens with one attached hydrogen (secondary N) is 2. The van der Waals surface area contributed by atoms with Gasteiger partial charge in [0, 0.05) is 12.1 Å². The summed E-state index contributed by atoms with van der Waals surface area (Å²) < 4.78 is 5.93. The van der Waals surface area contributed by atoms with Crippen LogP contribution >= 0.6 is 12.4 Å². The number of amides is 1. The van der Waals surface area contributed by atoms with Gasteiger partial charge in [0.2, 0.25) is 5.91 Å². The second-order valence-electron chi connectivity index (χ2n) is 6.10. The summed E-state index contributed by atoms with van der Waals surface area (Å²) in [4.78, 5) is 12.2. The highest BCUT2D eigenvalue weighted by Gasteiger charge is 2.20. The number of halogens is 1. The first-order valence-corrected chi connectivity index (χ1v) is 8.58. The van der Waals surface area contributed by atoms with E-state index in [0.717, 1.165) is 42.7 Å². The van der Waals surface area contributed by atoms with Crippen LogP contribution in [0.3, 0.4) is 0 Å². The topological polar surface area (TPSA) is 50.4 Å². The zero-order chi connectivity index (χ0) is 16.6. The van der Waals surface area contributed by atoms with Crippen molar-refractivity contribution in [3.8, 4) is 5.75 Å². The number of para-hydroxylation sites is 1. The fourth-order valence-electron chi connectivity index (χ4n) is 2.91. The van der Waals surface area contributed by atoms with Crippen LogP contribution in [0.15, 0.2) is 54.6 Å². The maximum atomic E-state index is 12.2. The molecule has 0 spiro atoms. The molecule has 3 rings (SSSR count). The standard InChI is InChI=1S/C20H24N2O2.ClH/c23-20(18-11-6-7-13-21-18)22-14-17-10-4-5-12-19(17)24-15-16-8-2-1-3-9-16;/h1-5,8-10,12,18,21H,6-7,11,13-15H2,(H,22,23);1H/t18-;/m0./s1. The van der Waals surface area contributed by atoms with E-state index in [2.05, 4.69) is 10.6 Å². The molecule has 25 heavy (non-hydrogen) atoms. The Bertz CT molecular complexity index is 658. The van der Waals surface area contributed by atoms with Crippen molar-refractivity contribution in [1.29, 1.82) is 0 Å². The van der Waals surface area contributed by atoms with Gasteiger partial charge in [-0.3, -0.25) is 4.79 Å². The Balaban J connectivity index is 0.00000225. The fourth-order valence-corrected chi connectivity index (χ4v) is 2.91. The highest BCUT2D eigenvalue weighted by molar-refractivity contribution is 5.85. The SMILES string of the molecule is Cl.O=C(NCc1ccccc1OCc1ccccc1)[C@@H]1CCCCN1. The lowest BCUT2D eigenvalue weighted by atomic mass is 10.0. The minimum Gasteiger partial charge on any atom is -0.489 e. The summed E-state index contributed by atoms with van der Waals surface area (Å²) in [5, 5.41) is 6.30. The number of hydrogen-bond acceptors (Lipinski definition) is 3. The van der Waals surface area contributed by atoms with Crippen LogP contribution in [-0.4, -0.2) is 18.5 Å². The van der Waals surface area contributed by atoms with E-state index >= 15 is 0 Å². The molecule has 1 saturated heterocycles. The van der Waals surface area contributed by atoms with Gasteiger partial charge in [-0.15, -0.1) is 12.4 Å². The molecule has 0 unspecified atom stereocenters. The van der Waals surface area contributed by atoms with Crippen LogP contribution in [0.4, 0.5) is 0 Å². The predicted octanol–water partition coefficient (Wildman–Crippen LogP) is 3.45. The van der Waals surface area contributed by atoms with E-state index in [9.17, 15) is 4.79 Å². The number of ether oxygens (including phenoxy) is 1. The van der Waals surface area contributed by atoms with Gasteiger partial charge in [-0.05, 0) is 31.0 Å². The highest BCUT2D eigenvalue weighted by Crippen LogP contribution is 2.19. The Morgan fingerprint density at radius 1 is 1.08 bits per heavy atom.